The van der Waals surface area contributed by atoms with E-state index in [0.717, 1.165) is 12.8 Å². The second-order valence-electron chi connectivity index (χ2n) is 8.23. The molecule has 0 saturated carbocycles. The zero-order chi connectivity index (χ0) is 16.8. The van der Waals surface area contributed by atoms with Crippen molar-refractivity contribution in [2.24, 2.45) is 5.92 Å². The summed E-state index contributed by atoms with van der Waals surface area (Å²) >= 11 is -2.01. The molecule has 0 N–H and O–H groups in total. The Bertz CT molecular complexity index is 578. The summed E-state index contributed by atoms with van der Waals surface area (Å²) in [6, 6.07) is 10.2. The summed E-state index contributed by atoms with van der Waals surface area (Å²) in [5.74, 6) is 0.249. The van der Waals surface area contributed by atoms with Crippen LogP contribution in [0.5, 0.6) is 0 Å². The molecule has 23 heavy (non-hydrogen) atoms. The summed E-state index contributed by atoms with van der Waals surface area (Å²) in [5.41, 5.74) is 1.32. The van der Waals surface area contributed by atoms with Crippen molar-refractivity contribution in [1.29, 1.82) is 0 Å². The summed E-state index contributed by atoms with van der Waals surface area (Å²) in [6.07, 6.45) is 3.40. The van der Waals surface area contributed by atoms with E-state index in [9.17, 15) is 4.79 Å². The number of carbonyl (C=O) groups excluding carboxylic acids is 1. The Morgan fingerprint density at radius 1 is 1.17 bits per heavy atom. The molecule has 1 aromatic rings. The van der Waals surface area contributed by atoms with Gasteiger partial charge < -0.3 is 0 Å². The van der Waals surface area contributed by atoms with E-state index in [1.165, 1.54) is 19.1 Å². The molecule has 126 valence electrons. The zero-order valence-electron chi connectivity index (χ0n) is 15.0. The third kappa shape index (κ3) is 3.19. The summed E-state index contributed by atoms with van der Waals surface area (Å²) in [5, 5.41) is 0. The molecule has 2 saturated heterocycles. The molecule has 4 atom stereocenters. The molecular formula is C19H29NO2Sn. The maximum atomic E-state index is 12.5. The van der Waals surface area contributed by atoms with E-state index in [1.807, 2.05) is 0 Å². The fraction of sp³-hybridized carbons (Fsp3) is 0.632. The fourth-order valence-electron chi connectivity index (χ4n) is 4.50. The van der Waals surface area contributed by atoms with Gasteiger partial charge in [0, 0.05) is 0 Å². The van der Waals surface area contributed by atoms with Crippen LogP contribution < -0.4 is 3.58 Å². The van der Waals surface area contributed by atoms with Crippen LogP contribution in [0.3, 0.4) is 0 Å². The third-order valence-corrected chi connectivity index (χ3v) is 11.8. The first-order valence-corrected chi connectivity index (χ1v) is 18.7. The summed E-state index contributed by atoms with van der Waals surface area (Å²) < 4.78 is 6.71. The number of piperidine rings is 1. The molecule has 0 spiro atoms. The Morgan fingerprint density at radius 3 is 2.39 bits per heavy atom. The molecule has 2 heterocycles. The quantitative estimate of drug-likeness (QED) is 0.555. The number of carbonyl (C=O) groups is 1. The Kier molecular flexibility index (Phi) is 4.80. The van der Waals surface area contributed by atoms with E-state index < -0.39 is 18.4 Å². The van der Waals surface area contributed by atoms with Crippen molar-refractivity contribution in [2.45, 2.75) is 52.1 Å². The summed E-state index contributed by atoms with van der Waals surface area (Å²) in [4.78, 5) is 22.2. The third-order valence-electron chi connectivity index (χ3n) is 5.95. The molecular weight excluding hydrogens is 393 g/mol. The number of fused-ring (bicyclic) bond motifs is 2. The van der Waals surface area contributed by atoms with E-state index >= 15 is 0 Å². The number of ether oxygens (including phenoxy) is 1. The summed E-state index contributed by atoms with van der Waals surface area (Å²) in [7, 11) is 3.70. The molecule has 3 nitrogen and oxygen atoms in total. The number of rotatable bonds is 3. The van der Waals surface area contributed by atoms with Crippen LogP contribution in [-0.4, -0.2) is 55.5 Å². The standard InChI is InChI=1S/C16H20NO2.3CH3.Sn/c1-17-12-8-9-14(17)15(16(18)19-2)13(10-12)11-6-4-3-5-7-11;;;;/h4-7,12-15H,8-10H2,1-2H3;3*1H3;/t12?,13-,14?,15+;;;;/m1..../s1. The van der Waals surface area contributed by atoms with Gasteiger partial charge >= 0.3 is 144 Å². The Hall–Kier alpha value is -0.551. The van der Waals surface area contributed by atoms with Gasteiger partial charge in [-0.2, -0.15) is 0 Å². The monoisotopic (exact) mass is 423 g/mol. The first kappa shape index (κ1) is 17.3. The molecule has 0 aliphatic carbocycles. The number of methoxy groups -OCH3 is 1. The maximum absolute atomic E-state index is 12.5. The van der Waals surface area contributed by atoms with Crippen molar-refractivity contribution in [2.75, 3.05) is 14.2 Å². The van der Waals surface area contributed by atoms with Crippen LogP contribution >= 0.6 is 0 Å². The molecule has 0 radical (unpaired) electrons. The summed E-state index contributed by atoms with van der Waals surface area (Å²) in [6.45, 7) is 0. The fourth-order valence-corrected chi connectivity index (χ4v) is 7.83. The van der Waals surface area contributed by atoms with E-state index in [2.05, 4.69) is 51.0 Å². The molecule has 2 unspecified atom stereocenters. The van der Waals surface area contributed by atoms with Gasteiger partial charge in [0.25, 0.3) is 0 Å². The molecule has 1 aromatic carbocycles. The molecule has 2 fully saturated rings. The zero-order valence-corrected chi connectivity index (χ0v) is 17.9. The average molecular weight is 422 g/mol. The van der Waals surface area contributed by atoms with Crippen LogP contribution in [0.25, 0.3) is 0 Å². The van der Waals surface area contributed by atoms with Gasteiger partial charge in [0.2, 0.25) is 0 Å². The Balaban J connectivity index is 1.92. The second-order valence-corrected chi connectivity index (χ2v) is 22.7. The average Bonchev–Trinajstić information content (AvgIpc) is 2.75. The molecule has 2 aliphatic rings. The van der Waals surface area contributed by atoms with Gasteiger partial charge in [-0.3, -0.25) is 0 Å². The van der Waals surface area contributed by atoms with E-state index in [4.69, 9.17) is 4.74 Å². The number of hydrogen-bond acceptors (Lipinski definition) is 3. The number of esters is 1. The van der Waals surface area contributed by atoms with Gasteiger partial charge in [-0.1, -0.05) is 0 Å². The van der Waals surface area contributed by atoms with Gasteiger partial charge in [-0.15, -0.1) is 0 Å². The SMILES string of the molecule is COC(=O)[C@@H]1C2CCC(C[C@@H]1c1cc[c]([Sn]([CH3])([CH3])[CH3])cc1)N2C. The minimum absolute atomic E-state index is 0.0206. The van der Waals surface area contributed by atoms with E-state index in [-0.39, 0.29) is 11.9 Å². The van der Waals surface area contributed by atoms with Crippen LogP contribution in [-0.2, 0) is 9.53 Å². The number of benzene rings is 1. The molecule has 2 aliphatic heterocycles. The van der Waals surface area contributed by atoms with Crippen LogP contribution in [0.4, 0.5) is 0 Å². The Labute approximate surface area is 144 Å². The predicted octanol–water partition coefficient (Wildman–Crippen LogP) is 2.97. The van der Waals surface area contributed by atoms with Crippen LogP contribution in [0.1, 0.15) is 30.7 Å². The van der Waals surface area contributed by atoms with E-state index in [1.54, 1.807) is 3.58 Å². The topological polar surface area (TPSA) is 29.5 Å². The van der Waals surface area contributed by atoms with Gasteiger partial charge in [0.15, 0.2) is 0 Å². The Morgan fingerprint density at radius 2 is 1.83 bits per heavy atom. The van der Waals surface area contributed by atoms with Crippen LogP contribution in [0.15, 0.2) is 24.3 Å². The van der Waals surface area contributed by atoms with Gasteiger partial charge in [0.1, 0.15) is 0 Å². The van der Waals surface area contributed by atoms with Crippen LogP contribution in [0, 0.1) is 5.92 Å². The van der Waals surface area contributed by atoms with Crippen molar-refractivity contribution >= 4 is 27.9 Å². The molecule has 2 bridgehead atoms. The molecule has 0 aromatic heterocycles. The van der Waals surface area contributed by atoms with Crippen molar-refractivity contribution in [1.82, 2.24) is 4.90 Å². The molecule has 4 heteroatoms. The van der Waals surface area contributed by atoms with Crippen molar-refractivity contribution < 1.29 is 9.53 Å². The number of nitrogens with zero attached hydrogens (tertiary/aromatic N) is 1. The second kappa shape index (κ2) is 6.40. The normalized spacial score (nSPS) is 31.2. The van der Waals surface area contributed by atoms with Crippen LogP contribution in [0.2, 0.25) is 14.8 Å². The van der Waals surface area contributed by atoms with E-state index in [0.29, 0.717) is 18.0 Å². The molecule has 0 amide bonds. The van der Waals surface area contributed by atoms with Crippen molar-refractivity contribution in [3.63, 3.8) is 0 Å². The molecule has 3 rings (SSSR count). The van der Waals surface area contributed by atoms with Gasteiger partial charge in [0.05, 0.1) is 0 Å². The van der Waals surface area contributed by atoms with Gasteiger partial charge in [-0.25, -0.2) is 0 Å². The first-order valence-electron chi connectivity index (χ1n) is 8.73. The predicted molar refractivity (Wildman–Crippen MR) is 96.9 cm³/mol. The van der Waals surface area contributed by atoms with Crippen molar-refractivity contribution in [3.05, 3.63) is 29.8 Å². The number of hydrogen-bond donors (Lipinski definition) is 0. The van der Waals surface area contributed by atoms with Gasteiger partial charge in [-0.05, 0) is 0 Å². The minimum atomic E-state index is -2.01. The van der Waals surface area contributed by atoms with Crippen molar-refractivity contribution in [3.8, 4) is 0 Å². The first-order chi connectivity index (χ1) is 10.8.